The molecule has 1 saturated heterocycles. The summed E-state index contributed by atoms with van der Waals surface area (Å²) >= 11 is 0. The summed E-state index contributed by atoms with van der Waals surface area (Å²) in [7, 11) is 0. The Morgan fingerprint density at radius 3 is 1.73 bits per heavy atom. The maximum absolute atomic E-state index is 10.00. The molecule has 0 saturated carbocycles. The lowest BCUT2D eigenvalue weighted by atomic mass is 9.92. The second-order valence-corrected chi connectivity index (χ2v) is 6.07. The monoisotopic (exact) mass is 321 g/mol. The third kappa shape index (κ3) is 5.42. The zero-order chi connectivity index (χ0) is 16.5. The molecular formula is C15H31NO6. The van der Waals surface area contributed by atoms with E-state index >= 15 is 0 Å². The van der Waals surface area contributed by atoms with Crippen molar-refractivity contribution in [2.45, 2.75) is 75.5 Å². The summed E-state index contributed by atoms with van der Waals surface area (Å²) in [5.74, 6) is 0. The SMILES string of the molecule is OCCCCCCCCCN1C(O)[C@H](O)[C@@H](O)[C@H](O)[C@H]1CO. The number of aliphatic hydroxyl groups is 6. The summed E-state index contributed by atoms with van der Waals surface area (Å²) in [6, 6.07) is -0.766. The van der Waals surface area contributed by atoms with E-state index in [0.29, 0.717) is 6.54 Å². The van der Waals surface area contributed by atoms with Crippen LogP contribution >= 0.6 is 0 Å². The van der Waals surface area contributed by atoms with Crippen molar-refractivity contribution in [1.82, 2.24) is 4.90 Å². The maximum atomic E-state index is 10.00. The highest BCUT2D eigenvalue weighted by atomic mass is 16.4. The van der Waals surface area contributed by atoms with Gasteiger partial charge in [-0.05, 0) is 12.8 Å². The quantitative estimate of drug-likeness (QED) is 0.279. The van der Waals surface area contributed by atoms with E-state index in [1.165, 1.54) is 4.90 Å². The highest BCUT2D eigenvalue weighted by molar-refractivity contribution is 4.96. The Balaban J connectivity index is 2.30. The van der Waals surface area contributed by atoms with E-state index in [9.17, 15) is 25.5 Å². The van der Waals surface area contributed by atoms with Gasteiger partial charge in [-0.15, -0.1) is 0 Å². The molecule has 0 aromatic carbocycles. The van der Waals surface area contributed by atoms with Gasteiger partial charge in [0.1, 0.15) is 24.5 Å². The van der Waals surface area contributed by atoms with Crippen LogP contribution in [0.5, 0.6) is 0 Å². The number of rotatable bonds is 10. The smallest absolute Gasteiger partial charge is 0.136 e. The topological polar surface area (TPSA) is 125 Å². The lowest BCUT2D eigenvalue weighted by Gasteiger charge is -2.46. The van der Waals surface area contributed by atoms with Crippen molar-refractivity contribution in [2.75, 3.05) is 19.8 Å². The molecule has 1 fully saturated rings. The van der Waals surface area contributed by atoms with E-state index in [2.05, 4.69) is 0 Å². The van der Waals surface area contributed by atoms with Crippen molar-refractivity contribution in [3.05, 3.63) is 0 Å². The largest absolute Gasteiger partial charge is 0.396 e. The van der Waals surface area contributed by atoms with Crippen LogP contribution in [-0.4, -0.2) is 85.9 Å². The lowest BCUT2D eigenvalue weighted by molar-refractivity contribution is -0.222. The number of piperidine rings is 1. The highest BCUT2D eigenvalue weighted by Crippen LogP contribution is 2.24. The molecule has 7 heteroatoms. The molecule has 7 nitrogen and oxygen atoms in total. The van der Waals surface area contributed by atoms with Gasteiger partial charge in [-0.25, -0.2) is 0 Å². The van der Waals surface area contributed by atoms with Crippen LogP contribution in [0.1, 0.15) is 44.9 Å². The first-order valence-electron chi connectivity index (χ1n) is 8.24. The number of aliphatic hydroxyl groups excluding tert-OH is 6. The molecule has 5 atom stereocenters. The van der Waals surface area contributed by atoms with E-state index in [1.54, 1.807) is 0 Å². The Bertz CT molecular complexity index is 293. The van der Waals surface area contributed by atoms with Crippen LogP contribution in [0.15, 0.2) is 0 Å². The fourth-order valence-corrected chi connectivity index (χ4v) is 3.00. The minimum atomic E-state index is -1.45. The number of nitrogens with zero attached hydrogens (tertiary/aromatic N) is 1. The molecule has 0 aromatic heterocycles. The second-order valence-electron chi connectivity index (χ2n) is 6.07. The summed E-state index contributed by atoms with van der Waals surface area (Å²) in [5, 5.41) is 57.3. The van der Waals surface area contributed by atoms with Gasteiger partial charge < -0.3 is 30.6 Å². The molecular weight excluding hydrogens is 290 g/mol. The van der Waals surface area contributed by atoms with Gasteiger partial charge in [-0.1, -0.05) is 32.1 Å². The molecule has 0 amide bonds. The number of hydrogen-bond donors (Lipinski definition) is 6. The van der Waals surface area contributed by atoms with E-state index in [1.807, 2.05) is 0 Å². The molecule has 1 aliphatic rings. The molecule has 1 aliphatic heterocycles. The number of unbranched alkanes of at least 4 members (excludes halogenated alkanes) is 6. The molecule has 0 aromatic rings. The van der Waals surface area contributed by atoms with E-state index < -0.39 is 30.6 Å². The van der Waals surface area contributed by atoms with Crippen molar-refractivity contribution in [1.29, 1.82) is 0 Å². The fourth-order valence-electron chi connectivity index (χ4n) is 3.00. The average molecular weight is 321 g/mol. The van der Waals surface area contributed by atoms with Gasteiger partial charge >= 0.3 is 0 Å². The minimum absolute atomic E-state index is 0.242. The van der Waals surface area contributed by atoms with Crippen LogP contribution in [0, 0.1) is 0 Å². The molecule has 0 bridgehead atoms. The van der Waals surface area contributed by atoms with Crippen LogP contribution in [-0.2, 0) is 0 Å². The Hall–Kier alpha value is -0.280. The number of likely N-dealkylation sites (tertiary alicyclic amines) is 1. The van der Waals surface area contributed by atoms with Crippen molar-refractivity contribution < 1.29 is 30.6 Å². The Morgan fingerprint density at radius 1 is 0.636 bits per heavy atom. The Kier molecular flexibility index (Phi) is 9.42. The summed E-state index contributed by atoms with van der Waals surface area (Å²) in [4.78, 5) is 1.47. The van der Waals surface area contributed by atoms with Crippen molar-refractivity contribution in [2.24, 2.45) is 0 Å². The summed E-state index contributed by atoms with van der Waals surface area (Å²) < 4.78 is 0. The van der Waals surface area contributed by atoms with E-state index in [0.717, 1.165) is 44.9 Å². The molecule has 22 heavy (non-hydrogen) atoms. The number of hydrogen-bond acceptors (Lipinski definition) is 7. The van der Waals surface area contributed by atoms with Gasteiger partial charge in [0.2, 0.25) is 0 Å². The van der Waals surface area contributed by atoms with Crippen LogP contribution in [0.2, 0.25) is 0 Å². The van der Waals surface area contributed by atoms with Crippen LogP contribution in [0.3, 0.4) is 0 Å². The third-order valence-corrected chi connectivity index (χ3v) is 4.43. The maximum Gasteiger partial charge on any atom is 0.136 e. The van der Waals surface area contributed by atoms with Gasteiger partial charge in [-0.3, -0.25) is 4.90 Å². The van der Waals surface area contributed by atoms with Gasteiger partial charge in [0, 0.05) is 13.2 Å². The van der Waals surface area contributed by atoms with Crippen molar-refractivity contribution in [3.63, 3.8) is 0 Å². The van der Waals surface area contributed by atoms with Crippen molar-refractivity contribution >= 4 is 0 Å². The van der Waals surface area contributed by atoms with Gasteiger partial charge in [0.15, 0.2) is 0 Å². The van der Waals surface area contributed by atoms with Crippen LogP contribution < -0.4 is 0 Å². The predicted octanol–water partition coefficient (Wildman–Crippen LogP) is -1.21. The molecule has 0 aliphatic carbocycles. The molecule has 0 radical (unpaired) electrons. The second kappa shape index (κ2) is 10.5. The van der Waals surface area contributed by atoms with Crippen LogP contribution in [0.4, 0.5) is 0 Å². The first-order chi connectivity index (χ1) is 10.5. The van der Waals surface area contributed by atoms with E-state index in [4.69, 9.17) is 5.11 Å². The first kappa shape index (κ1) is 19.8. The standard InChI is InChI=1S/C15H31NO6/c17-9-7-5-3-1-2-4-6-8-16-11(10-18)12(19)13(20)14(21)15(16)22/h11-15,17-22H,1-10H2/t11-,12-,13+,14-,15?/m1/s1. The molecule has 6 N–H and O–H groups in total. The fraction of sp³-hybridized carbons (Fsp3) is 1.00. The van der Waals surface area contributed by atoms with Crippen LogP contribution in [0.25, 0.3) is 0 Å². The average Bonchev–Trinajstić information content (AvgIpc) is 2.52. The van der Waals surface area contributed by atoms with E-state index in [-0.39, 0.29) is 13.2 Å². The zero-order valence-corrected chi connectivity index (χ0v) is 13.1. The predicted molar refractivity (Wildman–Crippen MR) is 81.0 cm³/mol. The molecule has 1 unspecified atom stereocenters. The van der Waals surface area contributed by atoms with Crippen molar-refractivity contribution in [3.8, 4) is 0 Å². The van der Waals surface area contributed by atoms with Gasteiger partial charge in [-0.2, -0.15) is 0 Å². The first-order valence-corrected chi connectivity index (χ1v) is 8.24. The molecule has 1 heterocycles. The normalized spacial score (nSPS) is 33.3. The lowest BCUT2D eigenvalue weighted by Crippen LogP contribution is -2.67. The summed E-state index contributed by atoms with van der Waals surface area (Å²) in [6.45, 7) is 0.305. The Labute approximate surface area is 131 Å². The molecule has 0 spiro atoms. The molecule has 1 rings (SSSR count). The van der Waals surface area contributed by atoms with Gasteiger partial charge in [0.25, 0.3) is 0 Å². The van der Waals surface area contributed by atoms with Gasteiger partial charge in [0.05, 0.1) is 12.6 Å². The molecule has 132 valence electrons. The summed E-state index contributed by atoms with van der Waals surface area (Å²) in [5.41, 5.74) is 0. The Morgan fingerprint density at radius 2 is 1.18 bits per heavy atom. The minimum Gasteiger partial charge on any atom is -0.396 e. The zero-order valence-electron chi connectivity index (χ0n) is 13.1. The third-order valence-electron chi connectivity index (χ3n) is 4.43. The highest BCUT2D eigenvalue weighted by Gasteiger charge is 2.46. The summed E-state index contributed by atoms with van der Waals surface area (Å²) in [6.07, 6.45) is 1.41.